The third-order valence-corrected chi connectivity index (χ3v) is 3.41. The number of hydrogen-bond acceptors (Lipinski definition) is 3. The highest BCUT2D eigenvalue weighted by Crippen LogP contribution is 2.18. The molecule has 5 nitrogen and oxygen atoms in total. The summed E-state index contributed by atoms with van der Waals surface area (Å²) < 4.78 is 0. The summed E-state index contributed by atoms with van der Waals surface area (Å²) in [6, 6.07) is 14.4. The molecule has 3 aromatic rings. The van der Waals surface area contributed by atoms with E-state index in [1.54, 1.807) is 12.3 Å². The van der Waals surface area contributed by atoms with Gasteiger partial charge in [0.1, 0.15) is 0 Å². The van der Waals surface area contributed by atoms with Crippen LogP contribution >= 0.6 is 0 Å². The summed E-state index contributed by atoms with van der Waals surface area (Å²) in [6.45, 7) is -0.158. The Morgan fingerprint density at radius 1 is 1.19 bits per heavy atom. The highest BCUT2D eigenvalue weighted by Gasteiger charge is 2.17. The van der Waals surface area contributed by atoms with Crippen molar-refractivity contribution in [2.75, 3.05) is 6.61 Å². The van der Waals surface area contributed by atoms with E-state index in [0.717, 1.165) is 10.9 Å². The van der Waals surface area contributed by atoms with Crippen LogP contribution in [0, 0.1) is 0 Å². The SMILES string of the molecule is O=C(N[C@@H](CO)c1ccccc1)c1cccc2cn[nH]c12. The van der Waals surface area contributed by atoms with Gasteiger partial charge in [0.25, 0.3) is 5.91 Å². The Kier molecular flexibility index (Phi) is 3.66. The van der Waals surface area contributed by atoms with Crippen LogP contribution in [0.15, 0.2) is 54.7 Å². The Morgan fingerprint density at radius 3 is 2.76 bits per heavy atom. The van der Waals surface area contributed by atoms with Gasteiger partial charge >= 0.3 is 0 Å². The van der Waals surface area contributed by atoms with Crippen molar-refractivity contribution in [3.63, 3.8) is 0 Å². The predicted octanol–water partition coefficient (Wildman–Crippen LogP) is 2.03. The fraction of sp³-hybridized carbons (Fsp3) is 0.125. The molecular weight excluding hydrogens is 266 g/mol. The van der Waals surface area contributed by atoms with Crippen LogP contribution in [-0.4, -0.2) is 27.8 Å². The van der Waals surface area contributed by atoms with Crippen molar-refractivity contribution in [1.29, 1.82) is 0 Å². The van der Waals surface area contributed by atoms with Gasteiger partial charge in [0.15, 0.2) is 0 Å². The Balaban J connectivity index is 1.87. The first kappa shape index (κ1) is 13.3. The molecule has 0 saturated carbocycles. The molecule has 0 bridgehead atoms. The Bertz CT molecular complexity index is 752. The molecule has 0 unspecified atom stereocenters. The smallest absolute Gasteiger partial charge is 0.254 e. The zero-order valence-electron chi connectivity index (χ0n) is 11.3. The predicted molar refractivity (Wildman–Crippen MR) is 79.8 cm³/mol. The number of aliphatic hydroxyl groups excluding tert-OH is 1. The van der Waals surface area contributed by atoms with E-state index in [4.69, 9.17) is 0 Å². The van der Waals surface area contributed by atoms with Gasteiger partial charge in [-0.15, -0.1) is 0 Å². The van der Waals surface area contributed by atoms with Crippen LogP contribution in [0.4, 0.5) is 0 Å². The number of hydrogen-bond donors (Lipinski definition) is 3. The van der Waals surface area contributed by atoms with Gasteiger partial charge in [-0.3, -0.25) is 9.89 Å². The number of nitrogens with one attached hydrogen (secondary N) is 2. The number of para-hydroxylation sites is 1. The number of aromatic amines is 1. The summed E-state index contributed by atoms with van der Waals surface area (Å²) >= 11 is 0. The lowest BCUT2D eigenvalue weighted by molar-refractivity contribution is 0.0917. The molecular formula is C16H15N3O2. The fourth-order valence-corrected chi connectivity index (χ4v) is 2.31. The molecule has 0 aliphatic carbocycles. The number of benzene rings is 2. The monoisotopic (exact) mass is 281 g/mol. The summed E-state index contributed by atoms with van der Waals surface area (Å²) in [7, 11) is 0. The quantitative estimate of drug-likeness (QED) is 0.684. The molecule has 106 valence electrons. The maximum absolute atomic E-state index is 12.4. The zero-order valence-corrected chi connectivity index (χ0v) is 11.3. The van der Waals surface area contributed by atoms with E-state index in [1.807, 2.05) is 42.5 Å². The van der Waals surface area contributed by atoms with Gasteiger partial charge in [0.05, 0.1) is 29.9 Å². The molecule has 1 atom stereocenters. The Morgan fingerprint density at radius 2 is 2.00 bits per heavy atom. The minimum atomic E-state index is -0.433. The first-order valence-electron chi connectivity index (χ1n) is 6.68. The standard InChI is InChI=1S/C16H15N3O2/c20-10-14(11-5-2-1-3-6-11)18-16(21)13-8-4-7-12-9-17-19-15(12)13/h1-9,14,20H,10H2,(H,17,19)(H,18,21)/t14-/m0/s1. The summed E-state index contributed by atoms with van der Waals surface area (Å²) in [6.07, 6.45) is 1.67. The van der Waals surface area contributed by atoms with Crippen molar-refractivity contribution in [3.05, 3.63) is 65.9 Å². The van der Waals surface area contributed by atoms with Crippen molar-refractivity contribution in [3.8, 4) is 0 Å². The van der Waals surface area contributed by atoms with Crippen molar-refractivity contribution in [2.45, 2.75) is 6.04 Å². The molecule has 0 saturated heterocycles. The average Bonchev–Trinajstić information content (AvgIpc) is 3.01. The molecule has 3 rings (SSSR count). The fourth-order valence-electron chi connectivity index (χ4n) is 2.31. The number of H-pyrrole nitrogens is 1. The minimum absolute atomic E-state index is 0.158. The summed E-state index contributed by atoms with van der Waals surface area (Å²) in [5.41, 5.74) is 2.07. The number of fused-ring (bicyclic) bond motifs is 1. The maximum Gasteiger partial charge on any atom is 0.254 e. The lowest BCUT2D eigenvalue weighted by atomic mass is 10.1. The van der Waals surface area contributed by atoms with E-state index >= 15 is 0 Å². The second-order valence-electron chi connectivity index (χ2n) is 4.76. The molecule has 1 heterocycles. The summed E-state index contributed by atoms with van der Waals surface area (Å²) in [5.74, 6) is -0.243. The van der Waals surface area contributed by atoms with Crippen LogP contribution in [0.5, 0.6) is 0 Å². The molecule has 0 spiro atoms. The minimum Gasteiger partial charge on any atom is -0.394 e. The van der Waals surface area contributed by atoms with Crippen molar-refractivity contribution >= 4 is 16.8 Å². The lowest BCUT2D eigenvalue weighted by Gasteiger charge is -2.17. The van der Waals surface area contributed by atoms with E-state index in [0.29, 0.717) is 11.1 Å². The Hall–Kier alpha value is -2.66. The van der Waals surface area contributed by atoms with Crippen LogP contribution < -0.4 is 5.32 Å². The number of nitrogens with zero attached hydrogens (tertiary/aromatic N) is 1. The normalized spacial score (nSPS) is 12.2. The Labute approximate surface area is 121 Å². The lowest BCUT2D eigenvalue weighted by Crippen LogP contribution is -2.30. The van der Waals surface area contributed by atoms with Gasteiger partial charge in [0.2, 0.25) is 0 Å². The van der Waals surface area contributed by atoms with E-state index < -0.39 is 6.04 Å². The van der Waals surface area contributed by atoms with Crippen LogP contribution in [0.1, 0.15) is 22.0 Å². The largest absolute Gasteiger partial charge is 0.394 e. The molecule has 0 aliphatic rings. The highest BCUT2D eigenvalue weighted by molar-refractivity contribution is 6.05. The van der Waals surface area contributed by atoms with Crippen molar-refractivity contribution in [2.24, 2.45) is 0 Å². The molecule has 1 amide bonds. The van der Waals surface area contributed by atoms with Gasteiger partial charge in [-0.2, -0.15) is 5.10 Å². The van der Waals surface area contributed by atoms with E-state index in [1.165, 1.54) is 0 Å². The highest BCUT2D eigenvalue weighted by atomic mass is 16.3. The second kappa shape index (κ2) is 5.76. The number of carbonyl (C=O) groups excluding carboxylic acids is 1. The van der Waals surface area contributed by atoms with E-state index in [-0.39, 0.29) is 12.5 Å². The van der Waals surface area contributed by atoms with Crippen LogP contribution in [0.25, 0.3) is 10.9 Å². The van der Waals surface area contributed by atoms with Gasteiger partial charge in [-0.1, -0.05) is 42.5 Å². The first-order valence-corrected chi connectivity index (χ1v) is 6.68. The third-order valence-electron chi connectivity index (χ3n) is 3.41. The number of aliphatic hydroxyl groups is 1. The molecule has 2 aromatic carbocycles. The van der Waals surface area contributed by atoms with E-state index in [9.17, 15) is 9.90 Å². The molecule has 3 N–H and O–H groups in total. The molecule has 21 heavy (non-hydrogen) atoms. The molecule has 0 aliphatic heterocycles. The summed E-state index contributed by atoms with van der Waals surface area (Å²) in [4.78, 5) is 12.4. The maximum atomic E-state index is 12.4. The van der Waals surface area contributed by atoms with Gasteiger partial charge in [-0.05, 0) is 11.6 Å². The van der Waals surface area contributed by atoms with Gasteiger partial charge in [0, 0.05) is 5.39 Å². The van der Waals surface area contributed by atoms with Crippen LogP contribution in [0.3, 0.4) is 0 Å². The van der Waals surface area contributed by atoms with Gasteiger partial charge < -0.3 is 10.4 Å². The summed E-state index contributed by atoms with van der Waals surface area (Å²) in [5, 5.41) is 20.0. The number of rotatable bonds is 4. The van der Waals surface area contributed by atoms with Crippen LogP contribution in [0.2, 0.25) is 0 Å². The molecule has 0 fully saturated rings. The topological polar surface area (TPSA) is 78.0 Å². The van der Waals surface area contributed by atoms with Crippen LogP contribution in [-0.2, 0) is 0 Å². The van der Waals surface area contributed by atoms with Crippen molar-refractivity contribution < 1.29 is 9.90 Å². The van der Waals surface area contributed by atoms with Crippen molar-refractivity contribution in [1.82, 2.24) is 15.5 Å². The van der Waals surface area contributed by atoms with Gasteiger partial charge in [-0.25, -0.2) is 0 Å². The zero-order chi connectivity index (χ0) is 14.7. The second-order valence-corrected chi connectivity index (χ2v) is 4.76. The number of carbonyl (C=O) groups is 1. The third kappa shape index (κ3) is 2.64. The first-order chi connectivity index (χ1) is 10.3. The number of amides is 1. The molecule has 0 radical (unpaired) electrons. The number of aromatic nitrogens is 2. The van der Waals surface area contributed by atoms with E-state index in [2.05, 4.69) is 15.5 Å². The molecule has 5 heteroatoms. The average molecular weight is 281 g/mol. The molecule has 1 aromatic heterocycles.